The number of aryl methyl sites for hydroxylation is 2. The SMILES string of the molecule is Cc1ccc(OCc2nc(C)c(C(=O)N[C@@H]3CCCC[C@@H]3C)s2)cc1. The van der Waals surface area contributed by atoms with Gasteiger partial charge < -0.3 is 10.1 Å². The fourth-order valence-electron chi connectivity index (χ4n) is 3.27. The average molecular weight is 359 g/mol. The zero-order valence-corrected chi connectivity index (χ0v) is 16.0. The molecule has 0 unspecified atom stereocenters. The number of thiazole rings is 1. The van der Waals surface area contributed by atoms with Crippen molar-refractivity contribution in [2.24, 2.45) is 5.92 Å². The van der Waals surface area contributed by atoms with Crippen LogP contribution >= 0.6 is 11.3 Å². The van der Waals surface area contributed by atoms with E-state index in [2.05, 4.69) is 17.2 Å². The van der Waals surface area contributed by atoms with Crippen LogP contribution in [-0.4, -0.2) is 16.9 Å². The Balaban J connectivity index is 1.61. The largest absolute Gasteiger partial charge is 0.486 e. The van der Waals surface area contributed by atoms with Gasteiger partial charge in [-0.1, -0.05) is 37.5 Å². The Morgan fingerprint density at radius 3 is 2.68 bits per heavy atom. The first-order chi connectivity index (χ1) is 12.0. The van der Waals surface area contributed by atoms with Gasteiger partial charge >= 0.3 is 0 Å². The number of ether oxygens (including phenoxy) is 1. The van der Waals surface area contributed by atoms with Crippen molar-refractivity contribution in [1.29, 1.82) is 0 Å². The molecule has 1 amide bonds. The number of aromatic nitrogens is 1. The van der Waals surface area contributed by atoms with Gasteiger partial charge in [0.2, 0.25) is 0 Å². The molecule has 1 aliphatic rings. The quantitative estimate of drug-likeness (QED) is 0.846. The van der Waals surface area contributed by atoms with Crippen LogP contribution in [0.3, 0.4) is 0 Å². The molecule has 2 atom stereocenters. The molecule has 1 aliphatic carbocycles. The monoisotopic (exact) mass is 358 g/mol. The molecule has 2 aromatic rings. The maximum atomic E-state index is 12.6. The third-order valence-corrected chi connectivity index (χ3v) is 5.99. The lowest BCUT2D eigenvalue weighted by molar-refractivity contribution is 0.0913. The van der Waals surface area contributed by atoms with Crippen LogP contribution in [0.1, 0.15) is 58.5 Å². The molecule has 0 spiro atoms. The molecule has 4 nitrogen and oxygen atoms in total. The van der Waals surface area contributed by atoms with Crippen LogP contribution in [0.2, 0.25) is 0 Å². The number of nitrogens with one attached hydrogen (secondary N) is 1. The molecule has 0 bridgehead atoms. The number of carbonyl (C=O) groups excluding carboxylic acids is 1. The zero-order chi connectivity index (χ0) is 17.8. The summed E-state index contributed by atoms with van der Waals surface area (Å²) in [4.78, 5) is 17.8. The average Bonchev–Trinajstić information content (AvgIpc) is 2.97. The zero-order valence-electron chi connectivity index (χ0n) is 15.2. The van der Waals surface area contributed by atoms with Gasteiger partial charge in [0.15, 0.2) is 0 Å². The molecule has 1 aromatic heterocycles. The van der Waals surface area contributed by atoms with Crippen molar-refractivity contribution in [3.8, 4) is 5.75 Å². The number of carbonyl (C=O) groups is 1. The summed E-state index contributed by atoms with van der Waals surface area (Å²) in [6, 6.07) is 8.23. The molecule has 1 saturated carbocycles. The molecule has 1 N–H and O–H groups in total. The van der Waals surface area contributed by atoms with E-state index in [1.54, 1.807) is 0 Å². The summed E-state index contributed by atoms with van der Waals surface area (Å²) in [5, 5.41) is 4.04. The number of hydrogen-bond donors (Lipinski definition) is 1. The van der Waals surface area contributed by atoms with Crippen LogP contribution in [0.15, 0.2) is 24.3 Å². The second kappa shape index (κ2) is 8.00. The Labute approximate surface area is 153 Å². The van der Waals surface area contributed by atoms with Crippen LogP contribution in [-0.2, 0) is 6.61 Å². The number of hydrogen-bond acceptors (Lipinski definition) is 4. The molecule has 3 rings (SSSR count). The summed E-state index contributed by atoms with van der Waals surface area (Å²) in [5.41, 5.74) is 1.99. The van der Waals surface area contributed by atoms with Crippen molar-refractivity contribution in [1.82, 2.24) is 10.3 Å². The van der Waals surface area contributed by atoms with Crippen molar-refractivity contribution in [3.63, 3.8) is 0 Å². The number of rotatable bonds is 5. The van der Waals surface area contributed by atoms with E-state index in [0.717, 1.165) is 22.9 Å². The Morgan fingerprint density at radius 1 is 1.24 bits per heavy atom. The van der Waals surface area contributed by atoms with Gasteiger partial charge in [0, 0.05) is 6.04 Å². The Morgan fingerprint density at radius 2 is 1.96 bits per heavy atom. The summed E-state index contributed by atoms with van der Waals surface area (Å²) < 4.78 is 5.78. The van der Waals surface area contributed by atoms with Crippen LogP contribution in [0, 0.1) is 19.8 Å². The minimum Gasteiger partial charge on any atom is -0.486 e. The van der Waals surface area contributed by atoms with Crippen LogP contribution < -0.4 is 10.1 Å². The van der Waals surface area contributed by atoms with Gasteiger partial charge in [0.25, 0.3) is 5.91 Å². The Hall–Kier alpha value is -1.88. The number of amides is 1. The first-order valence-corrected chi connectivity index (χ1v) is 9.81. The van der Waals surface area contributed by atoms with Gasteiger partial charge in [0.05, 0.1) is 5.69 Å². The maximum absolute atomic E-state index is 12.6. The van der Waals surface area contributed by atoms with E-state index >= 15 is 0 Å². The maximum Gasteiger partial charge on any atom is 0.263 e. The lowest BCUT2D eigenvalue weighted by Crippen LogP contribution is -2.40. The minimum atomic E-state index is 0.00957. The minimum absolute atomic E-state index is 0.00957. The topological polar surface area (TPSA) is 51.2 Å². The Kier molecular flexibility index (Phi) is 5.74. The molecule has 5 heteroatoms. The molecule has 1 heterocycles. The van der Waals surface area contributed by atoms with Crippen LogP contribution in [0.5, 0.6) is 5.75 Å². The number of nitrogens with zero attached hydrogens (tertiary/aromatic N) is 1. The van der Waals surface area contributed by atoms with E-state index in [-0.39, 0.29) is 11.9 Å². The summed E-state index contributed by atoms with van der Waals surface area (Å²) in [5.74, 6) is 1.38. The van der Waals surface area contributed by atoms with Crippen molar-refractivity contribution >= 4 is 17.2 Å². The summed E-state index contributed by atoms with van der Waals surface area (Å²) in [6.45, 7) is 6.56. The molecule has 0 radical (unpaired) electrons. The van der Waals surface area contributed by atoms with E-state index in [1.165, 1.54) is 36.2 Å². The summed E-state index contributed by atoms with van der Waals surface area (Å²) >= 11 is 1.43. The van der Waals surface area contributed by atoms with Gasteiger partial charge in [-0.3, -0.25) is 4.79 Å². The molecule has 25 heavy (non-hydrogen) atoms. The predicted molar refractivity (Wildman–Crippen MR) is 101 cm³/mol. The highest BCUT2D eigenvalue weighted by atomic mass is 32.1. The van der Waals surface area contributed by atoms with Gasteiger partial charge in [-0.2, -0.15) is 0 Å². The molecular weight excluding hydrogens is 332 g/mol. The molecule has 1 fully saturated rings. The van der Waals surface area contributed by atoms with Gasteiger partial charge in [-0.15, -0.1) is 11.3 Å². The summed E-state index contributed by atoms with van der Waals surface area (Å²) in [7, 11) is 0. The van der Waals surface area contributed by atoms with Crippen molar-refractivity contribution in [2.75, 3.05) is 0 Å². The fraction of sp³-hybridized carbons (Fsp3) is 0.500. The third kappa shape index (κ3) is 4.60. The fourth-order valence-corrected chi connectivity index (χ4v) is 4.15. The smallest absolute Gasteiger partial charge is 0.263 e. The van der Waals surface area contributed by atoms with E-state index < -0.39 is 0 Å². The van der Waals surface area contributed by atoms with Crippen molar-refractivity contribution < 1.29 is 9.53 Å². The molecular formula is C20H26N2O2S. The first kappa shape index (κ1) is 17.9. The normalized spacial score (nSPS) is 20.3. The van der Waals surface area contributed by atoms with E-state index in [9.17, 15) is 4.79 Å². The van der Waals surface area contributed by atoms with Gasteiger partial charge in [0.1, 0.15) is 22.2 Å². The Bertz CT molecular complexity index is 724. The predicted octanol–water partition coefficient (Wildman–Crippen LogP) is 4.65. The summed E-state index contributed by atoms with van der Waals surface area (Å²) in [6.07, 6.45) is 4.75. The van der Waals surface area contributed by atoms with Gasteiger partial charge in [-0.25, -0.2) is 4.98 Å². The molecule has 134 valence electrons. The van der Waals surface area contributed by atoms with Gasteiger partial charge in [-0.05, 0) is 44.7 Å². The second-order valence-electron chi connectivity index (χ2n) is 6.97. The van der Waals surface area contributed by atoms with Crippen LogP contribution in [0.25, 0.3) is 0 Å². The van der Waals surface area contributed by atoms with Crippen molar-refractivity contribution in [2.45, 2.75) is 59.1 Å². The highest BCUT2D eigenvalue weighted by Crippen LogP contribution is 2.25. The molecule has 1 aromatic carbocycles. The van der Waals surface area contributed by atoms with Crippen molar-refractivity contribution in [3.05, 3.63) is 45.4 Å². The standard InChI is InChI=1S/C20H26N2O2S/c1-13-8-10-16(11-9-13)24-12-18-21-15(3)19(25-18)20(23)22-17-7-5-4-6-14(17)2/h8-11,14,17H,4-7,12H2,1-3H3,(H,22,23)/t14-,17+/m0/s1. The third-order valence-electron chi connectivity index (χ3n) is 4.86. The van der Waals surface area contributed by atoms with E-state index in [0.29, 0.717) is 17.4 Å². The van der Waals surface area contributed by atoms with E-state index in [4.69, 9.17) is 4.74 Å². The lowest BCUT2D eigenvalue weighted by atomic mass is 9.86. The highest BCUT2D eigenvalue weighted by Gasteiger charge is 2.25. The lowest BCUT2D eigenvalue weighted by Gasteiger charge is -2.29. The van der Waals surface area contributed by atoms with E-state index in [1.807, 2.05) is 38.1 Å². The molecule has 0 aliphatic heterocycles. The van der Waals surface area contributed by atoms with Crippen LogP contribution in [0.4, 0.5) is 0 Å². The molecule has 0 saturated heterocycles. The first-order valence-electron chi connectivity index (χ1n) is 8.99. The highest BCUT2D eigenvalue weighted by molar-refractivity contribution is 7.13. The number of benzene rings is 1. The second-order valence-corrected chi connectivity index (χ2v) is 8.05.